The quantitative estimate of drug-likeness (QED) is 0.507. The zero-order valence-electron chi connectivity index (χ0n) is 7.83. The zero-order chi connectivity index (χ0) is 11.3. The van der Waals surface area contributed by atoms with Crippen LogP contribution < -0.4 is 5.43 Å². The van der Waals surface area contributed by atoms with Crippen LogP contribution in [0.2, 0.25) is 5.02 Å². The summed E-state index contributed by atoms with van der Waals surface area (Å²) in [7, 11) is 1.22. The molecule has 0 fully saturated rings. The molecule has 0 aromatic heterocycles. The Morgan fingerprint density at radius 1 is 1.53 bits per heavy atom. The highest BCUT2D eigenvalue weighted by molar-refractivity contribution is 6.82. The minimum Gasteiger partial charge on any atom is -0.464 e. The molecule has 15 heavy (non-hydrogen) atoms. The number of methoxy groups -OCH3 is 1. The molecule has 0 saturated carbocycles. The topological polar surface area (TPSA) is 50.7 Å². The number of anilines is 1. The minimum absolute atomic E-state index is 0.280. The van der Waals surface area contributed by atoms with Gasteiger partial charge in [-0.25, -0.2) is 4.79 Å². The summed E-state index contributed by atoms with van der Waals surface area (Å²) in [6.45, 7) is 0. The molecule has 0 aliphatic carbocycles. The number of ether oxygens (including phenoxy) is 1. The number of halogens is 2. The lowest BCUT2D eigenvalue weighted by atomic mass is 10.3. The van der Waals surface area contributed by atoms with Crippen molar-refractivity contribution in [2.45, 2.75) is 0 Å². The first-order valence-electron chi connectivity index (χ1n) is 3.96. The van der Waals surface area contributed by atoms with Gasteiger partial charge < -0.3 is 4.74 Å². The molecule has 0 spiro atoms. The van der Waals surface area contributed by atoms with Gasteiger partial charge in [-0.2, -0.15) is 5.10 Å². The van der Waals surface area contributed by atoms with Crippen molar-refractivity contribution in [3.63, 3.8) is 0 Å². The van der Waals surface area contributed by atoms with E-state index in [0.29, 0.717) is 10.7 Å². The third-order valence-corrected chi connectivity index (χ3v) is 1.94. The summed E-state index contributed by atoms with van der Waals surface area (Å²) in [6, 6.07) is 6.84. The molecule has 1 rings (SSSR count). The summed E-state index contributed by atoms with van der Waals surface area (Å²) in [6.07, 6.45) is 0. The number of nitrogens with one attached hydrogen (secondary N) is 1. The van der Waals surface area contributed by atoms with E-state index in [2.05, 4.69) is 15.3 Å². The van der Waals surface area contributed by atoms with Crippen molar-refractivity contribution in [1.29, 1.82) is 0 Å². The fourth-order valence-electron chi connectivity index (χ4n) is 0.802. The highest BCUT2D eigenvalue weighted by Crippen LogP contribution is 2.14. The van der Waals surface area contributed by atoms with Crippen molar-refractivity contribution in [2.75, 3.05) is 12.5 Å². The number of esters is 1. The Morgan fingerprint density at radius 2 is 2.27 bits per heavy atom. The maximum atomic E-state index is 10.8. The van der Waals surface area contributed by atoms with E-state index < -0.39 is 5.97 Å². The molecule has 0 radical (unpaired) electrons. The van der Waals surface area contributed by atoms with Crippen LogP contribution in [0.3, 0.4) is 0 Å². The van der Waals surface area contributed by atoms with Gasteiger partial charge in [-0.15, -0.1) is 0 Å². The van der Waals surface area contributed by atoms with Crippen molar-refractivity contribution < 1.29 is 9.53 Å². The smallest absolute Gasteiger partial charge is 0.370 e. The van der Waals surface area contributed by atoms with Crippen molar-refractivity contribution >= 4 is 40.0 Å². The zero-order valence-corrected chi connectivity index (χ0v) is 9.34. The fourth-order valence-corrected chi connectivity index (χ4v) is 1.11. The molecule has 1 N–H and O–H groups in total. The van der Waals surface area contributed by atoms with Gasteiger partial charge in [0.2, 0.25) is 5.17 Å². The Bertz CT molecular complexity index is 393. The molecule has 0 atom stereocenters. The third-order valence-electron chi connectivity index (χ3n) is 1.46. The molecule has 6 heteroatoms. The van der Waals surface area contributed by atoms with E-state index in [1.807, 2.05) is 0 Å². The molecule has 0 unspecified atom stereocenters. The van der Waals surface area contributed by atoms with Gasteiger partial charge in [-0.1, -0.05) is 29.3 Å². The molecule has 1 aromatic rings. The van der Waals surface area contributed by atoms with Gasteiger partial charge >= 0.3 is 5.97 Å². The number of hydrogen-bond acceptors (Lipinski definition) is 4. The van der Waals surface area contributed by atoms with Gasteiger partial charge in [-0.05, 0) is 18.2 Å². The Labute approximate surface area is 96.8 Å². The second-order valence-electron chi connectivity index (χ2n) is 2.52. The lowest BCUT2D eigenvalue weighted by molar-refractivity contribution is -0.132. The SMILES string of the molecule is COC(=O)/C(Cl)=N/Nc1cccc(Cl)c1. The summed E-state index contributed by atoms with van der Waals surface area (Å²) in [5.41, 5.74) is 3.20. The van der Waals surface area contributed by atoms with Crippen LogP contribution in [-0.4, -0.2) is 18.2 Å². The van der Waals surface area contributed by atoms with Gasteiger partial charge in [0, 0.05) is 5.02 Å². The predicted octanol–water partition coefficient (Wildman–Crippen LogP) is 2.48. The van der Waals surface area contributed by atoms with E-state index in [4.69, 9.17) is 23.2 Å². The largest absolute Gasteiger partial charge is 0.464 e. The van der Waals surface area contributed by atoms with Gasteiger partial charge in [0.1, 0.15) is 0 Å². The number of carbonyl (C=O) groups is 1. The summed E-state index contributed by atoms with van der Waals surface area (Å²) in [5.74, 6) is -0.703. The first-order valence-corrected chi connectivity index (χ1v) is 4.72. The average Bonchev–Trinajstić information content (AvgIpc) is 2.25. The van der Waals surface area contributed by atoms with E-state index in [0.717, 1.165) is 0 Å². The second kappa shape index (κ2) is 5.58. The van der Waals surface area contributed by atoms with Crippen molar-refractivity contribution in [3.8, 4) is 0 Å². The van der Waals surface area contributed by atoms with Crippen LogP contribution in [-0.2, 0) is 9.53 Å². The van der Waals surface area contributed by atoms with Crippen molar-refractivity contribution in [1.82, 2.24) is 0 Å². The molecule has 0 amide bonds. The number of hydrazone groups is 1. The monoisotopic (exact) mass is 246 g/mol. The van der Waals surface area contributed by atoms with E-state index in [1.54, 1.807) is 24.3 Å². The van der Waals surface area contributed by atoms with Crippen molar-refractivity contribution in [3.05, 3.63) is 29.3 Å². The van der Waals surface area contributed by atoms with Crippen LogP contribution in [0.5, 0.6) is 0 Å². The van der Waals surface area contributed by atoms with Crippen LogP contribution in [0.25, 0.3) is 0 Å². The number of carbonyl (C=O) groups excluding carboxylic acids is 1. The molecule has 4 nitrogen and oxygen atoms in total. The maximum absolute atomic E-state index is 10.8. The second-order valence-corrected chi connectivity index (χ2v) is 3.31. The van der Waals surface area contributed by atoms with Gasteiger partial charge in [-0.3, -0.25) is 5.43 Å². The van der Waals surface area contributed by atoms with Gasteiger partial charge in [0.25, 0.3) is 0 Å². The minimum atomic E-state index is -0.703. The lowest BCUT2D eigenvalue weighted by Crippen LogP contribution is -2.11. The molecule has 1 aromatic carbocycles. The maximum Gasteiger partial charge on any atom is 0.370 e. The van der Waals surface area contributed by atoms with E-state index in [1.165, 1.54) is 7.11 Å². The van der Waals surface area contributed by atoms with E-state index >= 15 is 0 Å². The highest BCUT2D eigenvalue weighted by atomic mass is 35.5. The predicted molar refractivity (Wildman–Crippen MR) is 60.4 cm³/mol. The first-order chi connectivity index (χ1) is 7.13. The molecule has 80 valence electrons. The molecule has 0 aliphatic heterocycles. The number of rotatable bonds is 3. The number of nitrogens with zero attached hydrogens (tertiary/aromatic N) is 1. The third kappa shape index (κ3) is 3.77. The Morgan fingerprint density at radius 3 is 2.87 bits per heavy atom. The normalized spacial score (nSPS) is 11.0. The van der Waals surface area contributed by atoms with Crippen LogP contribution in [0.15, 0.2) is 29.4 Å². The van der Waals surface area contributed by atoms with Crippen LogP contribution in [0.1, 0.15) is 0 Å². The van der Waals surface area contributed by atoms with Crippen LogP contribution >= 0.6 is 23.2 Å². The van der Waals surface area contributed by atoms with Gasteiger partial charge in [0.05, 0.1) is 12.8 Å². The molecular weight excluding hydrogens is 239 g/mol. The van der Waals surface area contributed by atoms with Crippen molar-refractivity contribution in [2.24, 2.45) is 5.10 Å². The van der Waals surface area contributed by atoms with E-state index in [-0.39, 0.29) is 5.17 Å². The summed E-state index contributed by atoms with van der Waals surface area (Å²) < 4.78 is 4.36. The summed E-state index contributed by atoms with van der Waals surface area (Å²) in [5, 5.41) is 3.88. The average molecular weight is 247 g/mol. The molecule has 0 heterocycles. The Kier molecular flexibility index (Phi) is 4.39. The lowest BCUT2D eigenvalue weighted by Gasteiger charge is -2.00. The molecule has 0 aliphatic rings. The molecular formula is C9H8Cl2N2O2. The Balaban J connectivity index is 2.67. The number of benzene rings is 1. The summed E-state index contributed by atoms with van der Waals surface area (Å²) in [4.78, 5) is 10.8. The summed E-state index contributed by atoms with van der Waals surface area (Å²) >= 11 is 11.2. The fraction of sp³-hybridized carbons (Fsp3) is 0.111. The number of hydrogen-bond donors (Lipinski definition) is 1. The highest BCUT2D eigenvalue weighted by Gasteiger charge is 2.07. The molecule has 0 saturated heterocycles. The van der Waals surface area contributed by atoms with Gasteiger partial charge in [0.15, 0.2) is 0 Å². The van der Waals surface area contributed by atoms with Crippen LogP contribution in [0, 0.1) is 0 Å². The Hall–Kier alpha value is -1.26. The molecule has 0 bridgehead atoms. The standard InChI is InChI=1S/C9H8Cl2N2O2/c1-15-9(14)8(11)13-12-7-4-2-3-6(10)5-7/h2-5,12H,1H3/b13-8-. The van der Waals surface area contributed by atoms with Crippen LogP contribution in [0.4, 0.5) is 5.69 Å². The van der Waals surface area contributed by atoms with E-state index in [9.17, 15) is 4.79 Å². The first kappa shape index (κ1) is 11.8.